The van der Waals surface area contributed by atoms with Crippen molar-refractivity contribution in [2.24, 2.45) is 0 Å². The van der Waals surface area contributed by atoms with Gasteiger partial charge in [0.2, 0.25) is 5.91 Å². The molecule has 3 nitrogen and oxygen atoms in total. The summed E-state index contributed by atoms with van der Waals surface area (Å²) in [4.78, 5) is 14.7. The van der Waals surface area contributed by atoms with Crippen molar-refractivity contribution >= 4 is 23.7 Å². The van der Waals surface area contributed by atoms with E-state index in [-0.39, 0.29) is 5.91 Å². The molecule has 0 aliphatic carbocycles. The highest BCUT2D eigenvalue weighted by atomic mass is 31.2. The van der Waals surface area contributed by atoms with Gasteiger partial charge in [-0.15, -0.1) is 0 Å². The molecule has 3 rings (SSSR count). The van der Waals surface area contributed by atoms with Crippen LogP contribution in [0.15, 0.2) is 91.0 Å². The Kier molecular flexibility index (Phi) is 5.39. The van der Waals surface area contributed by atoms with Gasteiger partial charge in [-0.05, 0) is 5.56 Å². The second kappa shape index (κ2) is 7.72. The molecule has 0 bridgehead atoms. The van der Waals surface area contributed by atoms with E-state index in [9.17, 15) is 9.36 Å². The van der Waals surface area contributed by atoms with Crippen molar-refractivity contribution in [3.8, 4) is 0 Å². The van der Waals surface area contributed by atoms with Gasteiger partial charge < -0.3 is 9.46 Å². The van der Waals surface area contributed by atoms with Gasteiger partial charge in [-0.1, -0.05) is 91.0 Å². The Bertz CT molecular complexity index is 865. The molecule has 0 saturated carbocycles. The van der Waals surface area contributed by atoms with E-state index in [0.29, 0.717) is 10.6 Å². The highest BCUT2D eigenvalue weighted by Gasteiger charge is 2.43. The average molecular weight is 363 g/mol. The summed E-state index contributed by atoms with van der Waals surface area (Å²) >= 11 is 0. The molecule has 132 valence electrons. The maximum atomic E-state index is 14.6. The van der Waals surface area contributed by atoms with E-state index in [0.717, 1.165) is 5.56 Å². The molecule has 26 heavy (non-hydrogen) atoms. The molecule has 1 atom stereocenters. The third-order valence-corrected chi connectivity index (χ3v) is 7.81. The van der Waals surface area contributed by atoms with E-state index in [2.05, 4.69) is 0 Å². The van der Waals surface area contributed by atoms with E-state index >= 15 is 0 Å². The molecule has 1 amide bonds. The van der Waals surface area contributed by atoms with Crippen molar-refractivity contribution in [2.75, 3.05) is 14.1 Å². The zero-order valence-corrected chi connectivity index (χ0v) is 15.8. The highest BCUT2D eigenvalue weighted by molar-refractivity contribution is 7.79. The number of likely N-dealkylation sites (N-methyl/N-ethyl adjacent to an activating group) is 1. The summed E-state index contributed by atoms with van der Waals surface area (Å²) in [5.74, 6) is -0.160. The first-order valence-corrected chi connectivity index (χ1v) is 10.3. The number of hydrogen-bond acceptors (Lipinski definition) is 2. The molecule has 0 fully saturated rings. The van der Waals surface area contributed by atoms with Crippen LogP contribution in [0.25, 0.3) is 0 Å². The SMILES string of the molecule is CN(C)C(=O)[C@@H](c1ccccc1)P(=O)(c1ccccc1)c1ccccc1. The molecular weight excluding hydrogens is 341 g/mol. The van der Waals surface area contributed by atoms with Gasteiger partial charge in [-0.2, -0.15) is 0 Å². The Morgan fingerprint density at radius 2 is 1.12 bits per heavy atom. The van der Waals surface area contributed by atoms with E-state index in [4.69, 9.17) is 0 Å². The molecule has 0 aromatic heterocycles. The quantitative estimate of drug-likeness (QED) is 0.646. The van der Waals surface area contributed by atoms with Crippen molar-refractivity contribution in [3.05, 3.63) is 96.6 Å². The van der Waals surface area contributed by atoms with Gasteiger partial charge in [-0.3, -0.25) is 4.79 Å². The second-order valence-corrected chi connectivity index (χ2v) is 9.24. The van der Waals surface area contributed by atoms with Gasteiger partial charge in [0.05, 0.1) is 0 Å². The molecule has 0 radical (unpaired) electrons. The number of rotatable bonds is 5. The van der Waals surface area contributed by atoms with Gasteiger partial charge in [0, 0.05) is 24.7 Å². The van der Waals surface area contributed by atoms with Crippen molar-refractivity contribution in [2.45, 2.75) is 5.66 Å². The number of benzene rings is 3. The molecule has 3 aromatic carbocycles. The monoisotopic (exact) mass is 363 g/mol. The Hall–Kier alpha value is -2.64. The first kappa shape index (κ1) is 18.2. The van der Waals surface area contributed by atoms with Crippen molar-refractivity contribution in [3.63, 3.8) is 0 Å². The van der Waals surface area contributed by atoms with Crippen LogP contribution in [-0.4, -0.2) is 24.9 Å². The first-order valence-electron chi connectivity index (χ1n) is 8.52. The minimum atomic E-state index is -3.26. The maximum Gasteiger partial charge on any atom is 0.237 e. The summed E-state index contributed by atoms with van der Waals surface area (Å²) in [5.41, 5.74) is 0.00531. The van der Waals surface area contributed by atoms with Gasteiger partial charge in [0.15, 0.2) is 7.14 Å². The molecular formula is C22H22NO2P. The van der Waals surface area contributed by atoms with Crippen LogP contribution < -0.4 is 10.6 Å². The average Bonchev–Trinajstić information content (AvgIpc) is 2.70. The minimum absolute atomic E-state index is 0.160. The molecule has 0 unspecified atom stereocenters. The number of carbonyl (C=O) groups is 1. The third kappa shape index (κ3) is 3.36. The fourth-order valence-corrected chi connectivity index (χ4v) is 6.39. The number of nitrogens with zero attached hydrogens (tertiary/aromatic N) is 1. The Morgan fingerprint density at radius 3 is 1.50 bits per heavy atom. The van der Waals surface area contributed by atoms with E-state index in [1.54, 1.807) is 14.1 Å². The van der Waals surface area contributed by atoms with Crippen molar-refractivity contribution < 1.29 is 9.36 Å². The maximum absolute atomic E-state index is 14.6. The van der Waals surface area contributed by atoms with Crippen molar-refractivity contribution in [1.29, 1.82) is 0 Å². The largest absolute Gasteiger partial charge is 0.348 e. The summed E-state index contributed by atoms with van der Waals surface area (Å²) in [7, 11) is 0.157. The lowest BCUT2D eigenvalue weighted by Gasteiger charge is -2.30. The predicted molar refractivity (Wildman–Crippen MR) is 108 cm³/mol. The lowest BCUT2D eigenvalue weighted by Crippen LogP contribution is -2.33. The minimum Gasteiger partial charge on any atom is -0.348 e. The molecule has 0 N–H and O–H groups in total. The molecule has 0 heterocycles. The lowest BCUT2D eigenvalue weighted by molar-refractivity contribution is -0.128. The Labute approximate surface area is 154 Å². The Balaban J connectivity index is 2.31. The molecule has 0 aliphatic heterocycles. The molecule has 3 aromatic rings. The Morgan fingerprint density at radius 1 is 0.731 bits per heavy atom. The number of hydrogen-bond donors (Lipinski definition) is 0. The summed E-state index contributed by atoms with van der Waals surface area (Å²) in [6, 6.07) is 28.1. The van der Waals surface area contributed by atoms with Crippen LogP contribution in [0.5, 0.6) is 0 Å². The second-order valence-electron chi connectivity index (χ2n) is 6.37. The van der Waals surface area contributed by atoms with Gasteiger partial charge in [0.1, 0.15) is 5.66 Å². The van der Waals surface area contributed by atoms with Crippen molar-refractivity contribution in [1.82, 2.24) is 4.90 Å². The first-order chi connectivity index (χ1) is 12.5. The van der Waals surface area contributed by atoms with Gasteiger partial charge in [-0.25, -0.2) is 0 Å². The summed E-state index contributed by atoms with van der Waals surface area (Å²) in [5, 5.41) is 1.38. The molecule has 0 saturated heterocycles. The van der Waals surface area contributed by atoms with Crippen LogP contribution in [-0.2, 0) is 9.36 Å². The smallest absolute Gasteiger partial charge is 0.237 e. The zero-order chi connectivity index (χ0) is 18.6. The van der Waals surface area contributed by atoms with Crippen LogP contribution >= 0.6 is 7.14 Å². The topological polar surface area (TPSA) is 37.4 Å². The standard InChI is InChI=1S/C22H22NO2P/c1-23(2)22(24)21(18-12-6-3-7-13-18)26(25,19-14-8-4-9-15-19)20-16-10-5-11-17-20/h3-17,21H,1-2H3/t21-/m1/s1. The number of amides is 1. The van der Waals surface area contributed by atoms with E-state index < -0.39 is 12.8 Å². The van der Waals surface area contributed by atoms with Gasteiger partial charge in [0.25, 0.3) is 0 Å². The van der Waals surface area contributed by atoms with Crippen LogP contribution in [0.3, 0.4) is 0 Å². The van der Waals surface area contributed by atoms with Crippen LogP contribution in [0.4, 0.5) is 0 Å². The fourth-order valence-electron chi connectivity index (χ4n) is 3.13. The molecule has 4 heteroatoms. The predicted octanol–water partition coefficient (Wildman–Crippen LogP) is 3.83. The highest BCUT2D eigenvalue weighted by Crippen LogP contribution is 2.57. The summed E-state index contributed by atoms with van der Waals surface area (Å²) in [6.45, 7) is 0. The lowest BCUT2D eigenvalue weighted by atomic mass is 10.1. The van der Waals surface area contributed by atoms with Gasteiger partial charge >= 0.3 is 0 Å². The van der Waals surface area contributed by atoms with Crippen LogP contribution in [0.1, 0.15) is 11.2 Å². The zero-order valence-electron chi connectivity index (χ0n) is 14.9. The normalized spacial score (nSPS) is 12.4. The molecule has 0 aliphatic rings. The third-order valence-electron chi connectivity index (χ3n) is 4.43. The van der Waals surface area contributed by atoms with Crippen LogP contribution in [0.2, 0.25) is 0 Å². The van der Waals surface area contributed by atoms with Crippen LogP contribution in [0, 0.1) is 0 Å². The number of carbonyl (C=O) groups excluding carboxylic acids is 1. The van der Waals surface area contributed by atoms with E-state index in [1.807, 2.05) is 91.0 Å². The van der Waals surface area contributed by atoms with E-state index in [1.165, 1.54) is 4.90 Å². The fraction of sp³-hybridized carbons (Fsp3) is 0.136. The summed E-state index contributed by atoms with van der Waals surface area (Å²) in [6.07, 6.45) is 0. The summed E-state index contributed by atoms with van der Waals surface area (Å²) < 4.78 is 14.6. The molecule has 0 spiro atoms.